The highest BCUT2D eigenvalue weighted by atomic mass is 35.5. The molecule has 0 aromatic heterocycles. The molecule has 1 aromatic carbocycles. The molecular formula is C11H14ClNO2. The number of morpholine rings is 1. The zero-order valence-corrected chi connectivity index (χ0v) is 9.17. The van der Waals surface area contributed by atoms with E-state index in [2.05, 4.69) is 5.32 Å². The van der Waals surface area contributed by atoms with E-state index < -0.39 is 0 Å². The summed E-state index contributed by atoms with van der Waals surface area (Å²) in [5.41, 5.74) is 0. The molecule has 0 bridgehead atoms. The fourth-order valence-electron chi connectivity index (χ4n) is 1.47. The molecule has 1 aromatic rings. The zero-order valence-electron chi connectivity index (χ0n) is 8.41. The van der Waals surface area contributed by atoms with Crippen LogP contribution in [0.3, 0.4) is 0 Å². The quantitative estimate of drug-likeness (QED) is 0.853. The van der Waals surface area contributed by atoms with E-state index in [0.29, 0.717) is 17.4 Å². The Morgan fingerprint density at radius 2 is 2.33 bits per heavy atom. The third kappa shape index (κ3) is 3.09. The number of hydrogen-bond donors (Lipinski definition) is 1. The molecule has 1 N–H and O–H groups in total. The number of nitrogens with one attached hydrogen (secondary N) is 1. The molecule has 1 heterocycles. The molecule has 0 radical (unpaired) electrons. The lowest BCUT2D eigenvalue weighted by Gasteiger charge is -2.23. The summed E-state index contributed by atoms with van der Waals surface area (Å²) < 4.78 is 11.1. The Morgan fingerprint density at radius 3 is 3.07 bits per heavy atom. The second-order valence-corrected chi connectivity index (χ2v) is 3.85. The third-order valence-corrected chi connectivity index (χ3v) is 2.58. The van der Waals surface area contributed by atoms with Crippen LogP contribution in [0.15, 0.2) is 24.3 Å². The van der Waals surface area contributed by atoms with Crippen molar-refractivity contribution in [1.82, 2.24) is 5.32 Å². The number of benzene rings is 1. The fraction of sp³-hybridized carbons (Fsp3) is 0.455. The lowest BCUT2D eigenvalue weighted by molar-refractivity contribution is 0.000218. The first-order chi connectivity index (χ1) is 7.36. The van der Waals surface area contributed by atoms with Crippen molar-refractivity contribution < 1.29 is 9.47 Å². The average molecular weight is 228 g/mol. The van der Waals surface area contributed by atoms with Crippen LogP contribution in [0, 0.1) is 0 Å². The van der Waals surface area contributed by atoms with Crippen molar-refractivity contribution in [3.63, 3.8) is 0 Å². The van der Waals surface area contributed by atoms with Crippen LogP contribution in [0.25, 0.3) is 0 Å². The van der Waals surface area contributed by atoms with Crippen molar-refractivity contribution >= 4 is 11.6 Å². The van der Waals surface area contributed by atoms with Crippen molar-refractivity contribution in [3.8, 4) is 5.75 Å². The van der Waals surface area contributed by atoms with E-state index in [1.807, 2.05) is 24.3 Å². The summed E-state index contributed by atoms with van der Waals surface area (Å²) in [6.07, 6.45) is 0.120. The van der Waals surface area contributed by atoms with Crippen molar-refractivity contribution in [2.45, 2.75) is 6.10 Å². The van der Waals surface area contributed by atoms with Crippen molar-refractivity contribution in [2.24, 2.45) is 0 Å². The summed E-state index contributed by atoms with van der Waals surface area (Å²) in [7, 11) is 0. The summed E-state index contributed by atoms with van der Waals surface area (Å²) in [5.74, 6) is 0.716. The first kappa shape index (κ1) is 10.7. The van der Waals surface area contributed by atoms with Crippen LogP contribution in [0.5, 0.6) is 5.75 Å². The van der Waals surface area contributed by atoms with Gasteiger partial charge in [0, 0.05) is 13.1 Å². The fourth-order valence-corrected chi connectivity index (χ4v) is 1.66. The molecule has 1 aliphatic rings. The van der Waals surface area contributed by atoms with E-state index in [9.17, 15) is 0 Å². The van der Waals surface area contributed by atoms with E-state index in [1.54, 1.807) is 0 Å². The second kappa shape index (κ2) is 5.35. The van der Waals surface area contributed by atoms with Crippen LogP contribution in [0.4, 0.5) is 0 Å². The van der Waals surface area contributed by atoms with Gasteiger partial charge in [0.05, 0.1) is 11.6 Å². The van der Waals surface area contributed by atoms with Crippen molar-refractivity contribution in [3.05, 3.63) is 29.3 Å². The first-order valence-corrected chi connectivity index (χ1v) is 5.44. The minimum absolute atomic E-state index is 0.120. The number of para-hydroxylation sites is 1. The summed E-state index contributed by atoms with van der Waals surface area (Å²) in [5, 5.41) is 3.89. The standard InChI is InChI=1S/C11H14ClNO2/c12-10-3-1-2-4-11(10)15-8-9-7-13-5-6-14-9/h1-4,9,13H,5-8H2/t9-/m1/s1. The summed E-state index contributed by atoms with van der Waals surface area (Å²) in [6.45, 7) is 3.04. The van der Waals surface area contributed by atoms with Gasteiger partial charge in [0.15, 0.2) is 0 Å². The molecule has 15 heavy (non-hydrogen) atoms. The van der Waals surface area contributed by atoms with Gasteiger partial charge in [-0.25, -0.2) is 0 Å². The number of hydrogen-bond acceptors (Lipinski definition) is 3. The van der Waals surface area contributed by atoms with Crippen LogP contribution in [0.1, 0.15) is 0 Å². The van der Waals surface area contributed by atoms with Crippen LogP contribution in [-0.2, 0) is 4.74 Å². The first-order valence-electron chi connectivity index (χ1n) is 5.06. The van der Waals surface area contributed by atoms with Gasteiger partial charge in [-0.1, -0.05) is 23.7 Å². The van der Waals surface area contributed by atoms with Crippen LogP contribution in [0.2, 0.25) is 5.02 Å². The van der Waals surface area contributed by atoms with Gasteiger partial charge in [0.25, 0.3) is 0 Å². The van der Waals surface area contributed by atoms with Gasteiger partial charge in [-0.05, 0) is 12.1 Å². The third-order valence-electron chi connectivity index (χ3n) is 2.27. The Labute approximate surface area is 94.3 Å². The van der Waals surface area contributed by atoms with Crippen molar-refractivity contribution in [2.75, 3.05) is 26.3 Å². The molecule has 0 unspecified atom stereocenters. The van der Waals surface area contributed by atoms with E-state index in [0.717, 1.165) is 19.7 Å². The highest BCUT2D eigenvalue weighted by Gasteiger charge is 2.14. The lowest BCUT2D eigenvalue weighted by Crippen LogP contribution is -2.41. The second-order valence-electron chi connectivity index (χ2n) is 3.44. The highest BCUT2D eigenvalue weighted by molar-refractivity contribution is 6.32. The van der Waals surface area contributed by atoms with Crippen molar-refractivity contribution in [1.29, 1.82) is 0 Å². The van der Waals surface area contributed by atoms with Crippen LogP contribution >= 0.6 is 11.6 Å². The molecule has 1 fully saturated rings. The molecule has 1 aliphatic heterocycles. The van der Waals surface area contributed by atoms with E-state index in [-0.39, 0.29) is 6.10 Å². The maximum atomic E-state index is 5.96. The monoisotopic (exact) mass is 227 g/mol. The van der Waals surface area contributed by atoms with E-state index in [1.165, 1.54) is 0 Å². The lowest BCUT2D eigenvalue weighted by atomic mass is 10.3. The molecule has 2 rings (SSSR count). The van der Waals surface area contributed by atoms with Gasteiger partial charge in [-0.3, -0.25) is 0 Å². The Hall–Kier alpha value is -0.770. The van der Waals surface area contributed by atoms with Gasteiger partial charge in [-0.2, -0.15) is 0 Å². The molecule has 0 saturated carbocycles. The minimum atomic E-state index is 0.120. The topological polar surface area (TPSA) is 30.5 Å². The summed E-state index contributed by atoms with van der Waals surface area (Å²) >= 11 is 5.96. The van der Waals surface area contributed by atoms with Gasteiger partial charge >= 0.3 is 0 Å². The molecule has 82 valence electrons. The van der Waals surface area contributed by atoms with Gasteiger partial charge < -0.3 is 14.8 Å². The van der Waals surface area contributed by atoms with Gasteiger partial charge in [-0.15, -0.1) is 0 Å². The largest absolute Gasteiger partial charge is 0.489 e. The van der Waals surface area contributed by atoms with Crippen LogP contribution < -0.4 is 10.1 Å². The molecule has 3 nitrogen and oxygen atoms in total. The maximum Gasteiger partial charge on any atom is 0.138 e. The number of rotatable bonds is 3. The van der Waals surface area contributed by atoms with Crippen LogP contribution in [-0.4, -0.2) is 32.4 Å². The molecule has 0 amide bonds. The van der Waals surface area contributed by atoms with E-state index >= 15 is 0 Å². The average Bonchev–Trinajstić information content (AvgIpc) is 2.29. The molecular weight excluding hydrogens is 214 g/mol. The Bertz CT molecular complexity index is 313. The predicted molar refractivity (Wildman–Crippen MR) is 59.6 cm³/mol. The summed E-state index contributed by atoms with van der Waals surface area (Å²) in [6, 6.07) is 7.46. The highest BCUT2D eigenvalue weighted by Crippen LogP contribution is 2.23. The molecule has 4 heteroatoms. The Morgan fingerprint density at radius 1 is 1.47 bits per heavy atom. The van der Waals surface area contributed by atoms with Gasteiger partial charge in [0.1, 0.15) is 18.5 Å². The SMILES string of the molecule is Clc1ccccc1OC[C@H]1CNCCO1. The van der Waals surface area contributed by atoms with E-state index in [4.69, 9.17) is 21.1 Å². The number of halogens is 1. The van der Waals surface area contributed by atoms with Gasteiger partial charge in [0.2, 0.25) is 0 Å². The smallest absolute Gasteiger partial charge is 0.138 e. The molecule has 1 saturated heterocycles. The predicted octanol–water partition coefficient (Wildman–Crippen LogP) is 1.71. The summed E-state index contributed by atoms with van der Waals surface area (Å²) in [4.78, 5) is 0. The Kier molecular flexibility index (Phi) is 3.83. The number of ether oxygens (including phenoxy) is 2. The Balaban J connectivity index is 1.84. The maximum absolute atomic E-state index is 5.96. The normalized spacial score (nSPS) is 21.3. The molecule has 1 atom stereocenters. The minimum Gasteiger partial charge on any atom is -0.489 e. The zero-order chi connectivity index (χ0) is 10.5. The molecule has 0 aliphatic carbocycles. The molecule has 0 spiro atoms.